The fourth-order valence-corrected chi connectivity index (χ4v) is 3.77. The molecule has 1 aromatic carbocycles. The number of amides is 1. The molecule has 0 saturated carbocycles. The van der Waals surface area contributed by atoms with Crippen LogP contribution in [0, 0.1) is 5.92 Å². The molecular formula is C39H56N6O. The highest BCUT2D eigenvalue weighted by Crippen LogP contribution is 2.23. The Hall–Kier alpha value is -4.62. The normalized spacial score (nSPS) is 18.5. The van der Waals surface area contributed by atoms with Crippen molar-refractivity contribution in [3.05, 3.63) is 128 Å². The number of nitrogens with one attached hydrogen (secondary N) is 2. The molecule has 248 valence electrons. The summed E-state index contributed by atoms with van der Waals surface area (Å²) in [6.45, 7) is 29.0. The maximum absolute atomic E-state index is 11.1. The van der Waals surface area contributed by atoms with E-state index in [-0.39, 0.29) is 11.8 Å². The number of carbonyl (C=O) groups is 1. The first kappa shape index (κ1) is 41.4. The average molecular weight is 625 g/mol. The molecule has 46 heavy (non-hydrogen) atoms. The van der Waals surface area contributed by atoms with Gasteiger partial charge in [-0.2, -0.15) is 10.1 Å². The Kier molecular flexibility index (Phi) is 24.1. The molecule has 2 aliphatic rings. The molecule has 0 fully saturated rings. The van der Waals surface area contributed by atoms with Gasteiger partial charge in [0, 0.05) is 43.4 Å². The van der Waals surface area contributed by atoms with E-state index in [2.05, 4.69) is 73.0 Å². The molecule has 1 amide bonds. The molecule has 1 unspecified atom stereocenters. The first-order chi connectivity index (χ1) is 22.3. The molecule has 7 nitrogen and oxygen atoms in total. The Labute approximate surface area is 279 Å². The second kappa shape index (κ2) is 26.8. The highest BCUT2D eigenvalue weighted by molar-refractivity contribution is 6.09. The van der Waals surface area contributed by atoms with Crippen LogP contribution in [0.2, 0.25) is 0 Å². The van der Waals surface area contributed by atoms with Gasteiger partial charge in [-0.1, -0.05) is 102 Å². The summed E-state index contributed by atoms with van der Waals surface area (Å²) in [5.41, 5.74) is 3.90. The first-order valence-corrected chi connectivity index (χ1v) is 16.1. The van der Waals surface area contributed by atoms with E-state index in [1.807, 2.05) is 101 Å². The van der Waals surface area contributed by atoms with Gasteiger partial charge in [-0.25, -0.2) is 9.98 Å². The summed E-state index contributed by atoms with van der Waals surface area (Å²) in [7, 11) is 0. The topological polar surface area (TPSA) is 81.5 Å². The second-order valence-corrected chi connectivity index (χ2v) is 9.80. The number of para-hydroxylation sites is 1. The van der Waals surface area contributed by atoms with E-state index in [1.165, 1.54) is 0 Å². The minimum absolute atomic E-state index is 0.0868. The van der Waals surface area contributed by atoms with Crippen molar-refractivity contribution in [1.29, 1.82) is 0 Å². The van der Waals surface area contributed by atoms with E-state index < -0.39 is 0 Å². The van der Waals surface area contributed by atoms with Crippen molar-refractivity contribution in [2.75, 3.05) is 18.4 Å². The Morgan fingerprint density at radius 3 is 2.43 bits per heavy atom. The lowest BCUT2D eigenvalue weighted by atomic mass is 10.0. The van der Waals surface area contributed by atoms with Gasteiger partial charge in [-0.05, 0) is 61.7 Å². The number of likely N-dealkylation sites (N-methyl/N-ethyl adjacent to an activating group) is 1. The van der Waals surface area contributed by atoms with Crippen LogP contribution in [0.1, 0.15) is 67.2 Å². The number of benzene rings is 1. The number of carbonyl (C=O) groups excluding carboxylic acids is 1. The third kappa shape index (κ3) is 17.6. The minimum Gasteiger partial charge on any atom is -0.326 e. The van der Waals surface area contributed by atoms with Crippen molar-refractivity contribution in [3.63, 3.8) is 0 Å². The molecule has 2 heterocycles. The van der Waals surface area contributed by atoms with Gasteiger partial charge >= 0.3 is 0 Å². The van der Waals surface area contributed by atoms with Gasteiger partial charge in [0.15, 0.2) is 5.82 Å². The fourth-order valence-electron chi connectivity index (χ4n) is 3.77. The van der Waals surface area contributed by atoms with Crippen molar-refractivity contribution in [1.82, 2.24) is 10.3 Å². The van der Waals surface area contributed by atoms with Crippen molar-refractivity contribution in [2.24, 2.45) is 21.0 Å². The quantitative estimate of drug-likeness (QED) is 0.190. The summed E-state index contributed by atoms with van der Waals surface area (Å²) in [5, 5.41) is 12.3. The lowest BCUT2D eigenvalue weighted by Crippen LogP contribution is -2.21. The van der Waals surface area contributed by atoms with E-state index >= 15 is 0 Å². The highest BCUT2D eigenvalue weighted by Gasteiger charge is 2.17. The number of rotatable bonds is 11. The van der Waals surface area contributed by atoms with E-state index in [1.54, 1.807) is 11.1 Å². The largest absolute Gasteiger partial charge is 0.326 e. The number of fused-ring (bicyclic) bond motifs is 1. The summed E-state index contributed by atoms with van der Waals surface area (Å²) < 4.78 is 0. The van der Waals surface area contributed by atoms with Crippen molar-refractivity contribution < 1.29 is 4.79 Å². The van der Waals surface area contributed by atoms with Gasteiger partial charge in [0.25, 0.3) is 0 Å². The Morgan fingerprint density at radius 2 is 1.83 bits per heavy atom. The number of aliphatic imine (C=N–C) groups is 2. The zero-order valence-corrected chi connectivity index (χ0v) is 29.0. The van der Waals surface area contributed by atoms with Gasteiger partial charge in [0.05, 0.1) is 5.71 Å². The van der Waals surface area contributed by atoms with Gasteiger partial charge in [0.1, 0.15) is 5.82 Å². The third-order valence-electron chi connectivity index (χ3n) is 5.87. The summed E-state index contributed by atoms with van der Waals surface area (Å²) >= 11 is 0. The molecule has 2 N–H and O–H groups in total. The van der Waals surface area contributed by atoms with Crippen LogP contribution in [0.4, 0.5) is 5.69 Å². The standard InChI is InChI=1S/C24H31N5.C10H13NO.C3H6.C2H6/c1-6-11-22-13-10-15-26-24-16-19(4)17-27-29(24)20(5)28-23(22)14-9-12-21(7-2)18-25-8-3;1-2-6-10(12)11-9-7-4-3-5-8-9;1-3-2;1-2/h6-7,9,12-17,19,25H,1-2,5,8,10-11,18H2,3-4H3;3-5,7-8H,2,6H2,1H3,(H,11,12);3H,1H2,2H3;1-2H3/b14-9+,21-12+,22-13-,26-15-,28-23-;;;. The predicted octanol–water partition coefficient (Wildman–Crippen LogP) is 9.58. The second-order valence-electron chi connectivity index (χ2n) is 9.80. The molecule has 0 radical (unpaired) electrons. The van der Waals surface area contributed by atoms with Crippen molar-refractivity contribution >= 4 is 29.7 Å². The summed E-state index contributed by atoms with van der Waals surface area (Å²) in [6.07, 6.45) is 22.4. The van der Waals surface area contributed by atoms with Crippen molar-refractivity contribution in [2.45, 2.75) is 67.2 Å². The molecule has 0 saturated heterocycles. The maximum atomic E-state index is 11.1. The smallest absolute Gasteiger partial charge is 0.224 e. The monoisotopic (exact) mass is 624 g/mol. The van der Waals surface area contributed by atoms with Crippen LogP contribution in [0.15, 0.2) is 143 Å². The molecule has 0 aliphatic carbocycles. The van der Waals surface area contributed by atoms with Crippen LogP contribution in [0.25, 0.3) is 0 Å². The zero-order chi connectivity index (χ0) is 34.6. The molecule has 0 bridgehead atoms. The lowest BCUT2D eigenvalue weighted by molar-refractivity contribution is -0.116. The van der Waals surface area contributed by atoms with Crippen LogP contribution >= 0.6 is 0 Å². The number of hydrogen-bond donors (Lipinski definition) is 2. The number of hydrogen-bond acceptors (Lipinski definition) is 6. The maximum Gasteiger partial charge on any atom is 0.224 e. The fraction of sp³-hybridized carbons (Fsp3) is 0.333. The molecule has 0 aromatic heterocycles. The molecule has 3 rings (SSSR count). The van der Waals surface area contributed by atoms with Gasteiger partial charge in [-0.15, -0.1) is 13.2 Å². The predicted molar refractivity (Wildman–Crippen MR) is 203 cm³/mol. The third-order valence-corrected chi connectivity index (χ3v) is 5.87. The Morgan fingerprint density at radius 1 is 1.13 bits per heavy atom. The molecular weight excluding hydrogens is 568 g/mol. The molecule has 7 heteroatoms. The number of hydrazone groups is 1. The highest BCUT2D eigenvalue weighted by atomic mass is 16.1. The molecule has 1 aromatic rings. The molecule has 1 atom stereocenters. The van der Waals surface area contributed by atoms with Gasteiger partial charge < -0.3 is 10.6 Å². The van der Waals surface area contributed by atoms with Crippen LogP contribution in [0.5, 0.6) is 0 Å². The zero-order valence-electron chi connectivity index (χ0n) is 29.0. The number of nitrogens with zero attached hydrogens (tertiary/aromatic N) is 4. The van der Waals surface area contributed by atoms with Crippen molar-refractivity contribution in [3.8, 4) is 0 Å². The van der Waals surface area contributed by atoms with E-state index in [9.17, 15) is 4.79 Å². The van der Waals surface area contributed by atoms with E-state index in [0.29, 0.717) is 25.1 Å². The Bertz CT molecular complexity index is 1290. The number of allylic oxidation sites excluding steroid dienone is 8. The average Bonchev–Trinajstić information content (AvgIpc) is 3.05. The summed E-state index contributed by atoms with van der Waals surface area (Å²) in [6, 6.07) is 9.50. The Balaban J connectivity index is 0.000000984. The van der Waals surface area contributed by atoms with E-state index in [4.69, 9.17) is 4.99 Å². The lowest BCUT2D eigenvalue weighted by Gasteiger charge is -2.24. The van der Waals surface area contributed by atoms with Gasteiger partial charge in [-0.3, -0.25) is 4.79 Å². The molecule has 2 aliphatic heterocycles. The first-order valence-electron chi connectivity index (χ1n) is 16.1. The SMILES string of the molecule is C=CC.C=CC/C1=C/C/C=N\C2=CC(C)C=NN2C(=C)/N=C1/C=C/C=C(\C=C)CNCC.CC.CCCC(=O)Nc1ccccc1. The summed E-state index contributed by atoms with van der Waals surface area (Å²) in [5.74, 6) is 1.58. The van der Waals surface area contributed by atoms with Crippen LogP contribution in [-0.4, -0.2) is 42.1 Å². The van der Waals surface area contributed by atoms with Crippen LogP contribution in [-0.2, 0) is 4.79 Å². The summed E-state index contributed by atoms with van der Waals surface area (Å²) in [4.78, 5) is 20.4. The van der Waals surface area contributed by atoms with Crippen LogP contribution in [0.3, 0.4) is 0 Å². The van der Waals surface area contributed by atoms with E-state index in [0.717, 1.165) is 47.9 Å². The molecule has 0 spiro atoms. The van der Waals surface area contributed by atoms with Crippen LogP contribution < -0.4 is 10.6 Å². The number of anilines is 1. The van der Waals surface area contributed by atoms with Gasteiger partial charge in [0.2, 0.25) is 5.91 Å². The minimum atomic E-state index is 0.0868.